The van der Waals surface area contributed by atoms with Gasteiger partial charge < -0.3 is 0 Å². The van der Waals surface area contributed by atoms with Crippen LogP contribution in [-0.2, 0) is 9.59 Å². The highest BCUT2D eigenvalue weighted by Crippen LogP contribution is 2.33. The molecule has 1 heterocycles. The first-order valence-electron chi connectivity index (χ1n) is 6.34. The zero-order valence-corrected chi connectivity index (χ0v) is 12.2. The molecule has 0 aromatic heterocycles. The predicted octanol–water partition coefficient (Wildman–Crippen LogP) is 3.50. The van der Waals surface area contributed by atoms with Gasteiger partial charge in [0.05, 0.1) is 11.6 Å². The number of carbonyl (C=O) groups is 2. The third kappa shape index (κ3) is 2.27. The summed E-state index contributed by atoms with van der Waals surface area (Å²) in [7, 11) is 0. The van der Waals surface area contributed by atoms with Crippen LogP contribution < -0.4 is 4.90 Å². The second kappa shape index (κ2) is 5.21. The molecule has 0 N–H and O–H groups in total. The van der Waals surface area contributed by atoms with E-state index >= 15 is 0 Å². The van der Waals surface area contributed by atoms with Crippen molar-refractivity contribution >= 4 is 33.4 Å². The normalized spacial score (nSPS) is 18.6. The van der Waals surface area contributed by atoms with Gasteiger partial charge in [0.15, 0.2) is 0 Å². The first kappa shape index (κ1) is 13.1. The number of carbonyl (C=O) groups excluding carboxylic acids is 2. The molecule has 0 radical (unpaired) electrons. The van der Waals surface area contributed by atoms with E-state index in [9.17, 15) is 9.59 Å². The second-order valence-electron chi connectivity index (χ2n) is 4.71. The van der Waals surface area contributed by atoms with Crippen LogP contribution >= 0.6 is 15.9 Å². The zero-order valence-electron chi connectivity index (χ0n) is 10.6. The quantitative estimate of drug-likeness (QED) is 0.791. The Morgan fingerprint density at radius 3 is 2.45 bits per heavy atom. The number of halogens is 1. The molecule has 1 fully saturated rings. The number of imide groups is 1. The number of benzene rings is 2. The first-order valence-corrected chi connectivity index (χ1v) is 7.13. The van der Waals surface area contributed by atoms with E-state index < -0.39 is 0 Å². The minimum Gasteiger partial charge on any atom is -0.274 e. The highest BCUT2D eigenvalue weighted by atomic mass is 79.9. The van der Waals surface area contributed by atoms with E-state index in [1.165, 1.54) is 4.90 Å². The van der Waals surface area contributed by atoms with Crippen molar-refractivity contribution in [2.45, 2.75) is 12.3 Å². The lowest BCUT2D eigenvalue weighted by atomic mass is 9.98. The lowest BCUT2D eigenvalue weighted by molar-refractivity contribution is -0.121. The largest absolute Gasteiger partial charge is 0.274 e. The Labute approximate surface area is 125 Å². The molecular formula is C16H12BrNO2. The van der Waals surface area contributed by atoms with E-state index in [0.717, 1.165) is 10.0 Å². The van der Waals surface area contributed by atoms with Gasteiger partial charge in [-0.15, -0.1) is 0 Å². The highest BCUT2D eigenvalue weighted by molar-refractivity contribution is 9.10. The third-order valence-electron chi connectivity index (χ3n) is 3.41. The molecule has 0 saturated carbocycles. The molecule has 0 unspecified atom stereocenters. The molecular weight excluding hydrogens is 318 g/mol. The van der Waals surface area contributed by atoms with E-state index in [1.54, 1.807) is 12.1 Å². The van der Waals surface area contributed by atoms with Crippen molar-refractivity contribution in [2.75, 3.05) is 4.90 Å². The van der Waals surface area contributed by atoms with E-state index in [2.05, 4.69) is 15.9 Å². The molecule has 2 aromatic carbocycles. The van der Waals surface area contributed by atoms with Crippen LogP contribution in [0.2, 0.25) is 0 Å². The summed E-state index contributed by atoms with van der Waals surface area (Å²) < 4.78 is 0.846. The predicted molar refractivity (Wildman–Crippen MR) is 80.4 cm³/mol. The smallest absolute Gasteiger partial charge is 0.241 e. The van der Waals surface area contributed by atoms with Crippen LogP contribution in [0, 0.1) is 0 Å². The molecule has 2 amide bonds. The van der Waals surface area contributed by atoms with E-state index in [4.69, 9.17) is 0 Å². The Bertz CT molecular complexity index is 669. The lowest BCUT2D eigenvalue weighted by Gasteiger charge is -2.15. The second-order valence-corrected chi connectivity index (χ2v) is 5.63. The molecule has 1 atom stereocenters. The van der Waals surface area contributed by atoms with Crippen LogP contribution in [0.15, 0.2) is 59.1 Å². The molecule has 0 aliphatic carbocycles. The van der Waals surface area contributed by atoms with Gasteiger partial charge in [0.2, 0.25) is 11.8 Å². The molecule has 0 spiro atoms. The number of rotatable bonds is 2. The standard InChI is InChI=1S/C16H12BrNO2/c17-12-7-4-8-13(9-12)18-15(19)10-14(16(18)20)11-5-2-1-3-6-11/h1-9,14H,10H2/t14-/m1/s1. The van der Waals surface area contributed by atoms with Crippen LogP contribution in [-0.4, -0.2) is 11.8 Å². The molecule has 20 heavy (non-hydrogen) atoms. The van der Waals surface area contributed by atoms with Gasteiger partial charge in [-0.25, -0.2) is 4.90 Å². The van der Waals surface area contributed by atoms with Gasteiger partial charge >= 0.3 is 0 Å². The maximum absolute atomic E-state index is 12.5. The van der Waals surface area contributed by atoms with Crippen LogP contribution in [0.4, 0.5) is 5.69 Å². The van der Waals surface area contributed by atoms with Crippen LogP contribution in [0.25, 0.3) is 0 Å². The number of nitrogens with zero attached hydrogens (tertiary/aromatic N) is 1. The molecule has 3 rings (SSSR count). The molecule has 4 heteroatoms. The molecule has 1 saturated heterocycles. The van der Waals surface area contributed by atoms with Crippen molar-refractivity contribution in [3.8, 4) is 0 Å². The van der Waals surface area contributed by atoms with Crippen LogP contribution in [0.5, 0.6) is 0 Å². The summed E-state index contributed by atoms with van der Waals surface area (Å²) in [5.74, 6) is -0.677. The van der Waals surface area contributed by atoms with E-state index in [1.807, 2.05) is 42.5 Å². The van der Waals surface area contributed by atoms with Gasteiger partial charge in [-0.2, -0.15) is 0 Å². The minimum absolute atomic E-state index is 0.151. The highest BCUT2D eigenvalue weighted by Gasteiger charge is 2.40. The Morgan fingerprint density at radius 2 is 1.75 bits per heavy atom. The summed E-state index contributed by atoms with van der Waals surface area (Å²) in [6.07, 6.45) is 0.232. The van der Waals surface area contributed by atoms with Crippen LogP contribution in [0.3, 0.4) is 0 Å². The summed E-state index contributed by atoms with van der Waals surface area (Å²) in [6.45, 7) is 0. The van der Waals surface area contributed by atoms with Crippen molar-refractivity contribution in [3.05, 3.63) is 64.6 Å². The van der Waals surface area contributed by atoms with Gasteiger partial charge in [-0.05, 0) is 23.8 Å². The van der Waals surface area contributed by atoms with Gasteiger partial charge in [0, 0.05) is 10.9 Å². The van der Waals surface area contributed by atoms with Gasteiger partial charge in [0.1, 0.15) is 0 Å². The van der Waals surface area contributed by atoms with Crippen molar-refractivity contribution in [3.63, 3.8) is 0 Å². The van der Waals surface area contributed by atoms with Crippen molar-refractivity contribution in [1.82, 2.24) is 0 Å². The Hall–Kier alpha value is -1.94. The molecule has 3 nitrogen and oxygen atoms in total. The summed E-state index contributed by atoms with van der Waals surface area (Å²) in [5.41, 5.74) is 1.51. The summed E-state index contributed by atoms with van der Waals surface area (Å²) in [6, 6.07) is 16.7. The number of hydrogen-bond acceptors (Lipinski definition) is 2. The molecule has 0 bridgehead atoms. The van der Waals surface area contributed by atoms with Gasteiger partial charge in [-0.3, -0.25) is 9.59 Å². The minimum atomic E-state index is -0.373. The van der Waals surface area contributed by atoms with Crippen molar-refractivity contribution in [2.24, 2.45) is 0 Å². The summed E-state index contributed by atoms with van der Waals surface area (Å²) in [4.78, 5) is 26.0. The molecule has 1 aliphatic rings. The Balaban J connectivity index is 1.95. The number of hydrogen-bond donors (Lipinski definition) is 0. The molecule has 100 valence electrons. The lowest BCUT2D eigenvalue weighted by Crippen LogP contribution is -2.29. The SMILES string of the molecule is O=C1C[C@H](c2ccccc2)C(=O)N1c1cccc(Br)c1. The number of amides is 2. The fourth-order valence-corrected chi connectivity index (χ4v) is 2.85. The number of anilines is 1. The van der Waals surface area contributed by atoms with E-state index in [0.29, 0.717) is 5.69 Å². The maximum Gasteiger partial charge on any atom is 0.241 e. The molecule has 1 aliphatic heterocycles. The fourth-order valence-electron chi connectivity index (χ4n) is 2.46. The van der Waals surface area contributed by atoms with Crippen molar-refractivity contribution < 1.29 is 9.59 Å². The fraction of sp³-hybridized carbons (Fsp3) is 0.125. The monoisotopic (exact) mass is 329 g/mol. The topological polar surface area (TPSA) is 37.4 Å². The summed E-state index contributed by atoms with van der Waals surface area (Å²) >= 11 is 3.36. The van der Waals surface area contributed by atoms with Crippen LogP contribution in [0.1, 0.15) is 17.9 Å². The van der Waals surface area contributed by atoms with Gasteiger partial charge in [0.25, 0.3) is 0 Å². The zero-order chi connectivity index (χ0) is 14.1. The Morgan fingerprint density at radius 1 is 1.00 bits per heavy atom. The maximum atomic E-state index is 12.5. The first-order chi connectivity index (χ1) is 9.66. The Kier molecular flexibility index (Phi) is 3.40. The summed E-state index contributed by atoms with van der Waals surface area (Å²) in [5, 5.41) is 0. The van der Waals surface area contributed by atoms with Gasteiger partial charge in [-0.1, -0.05) is 52.3 Å². The molecule has 2 aromatic rings. The third-order valence-corrected chi connectivity index (χ3v) is 3.91. The van der Waals surface area contributed by atoms with Crippen molar-refractivity contribution in [1.29, 1.82) is 0 Å². The van der Waals surface area contributed by atoms with E-state index in [-0.39, 0.29) is 24.2 Å². The average Bonchev–Trinajstić information content (AvgIpc) is 2.75. The average molecular weight is 330 g/mol.